The van der Waals surface area contributed by atoms with Gasteiger partial charge in [-0.2, -0.15) is 0 Å². The molecule has 3 heterocycles. The Labute approximate surface area is 180 Å². The molecule has 1 fully saturated rings. The lowest BCUT2D eigenvalue weighted by molar-refractivity contribution is -0.238. The molecule has 7 nitrogen and oxygen atoms in total. The Morgan fingerprint density at radius 2 is 2.03 bits per heavy atom. The average Bonchev–Trinajstić information content (AvgIpc) is 3.21. The molecule has 3 aliphatic heterocycles. The number of aliphatic hydroxyl groups excluding tert-OH is 1. The number of benzene rings is 1. The monoisotopic (exact) mass is 426 g/mol. The summed E-state index contributed by atoms with van der Waals surface area (Å²) in [5.41, 5.74) is 0.394. The third-order valence-electron chi connectivity index (χ3n) is 6.12. The number of hydrogen-bond donors (Lipinski definition) is 2. The minimum atomic E-state index is -1.36. The highest BCUT2D eigenvalue weighted by molar-refractivity contribution is 5.96. The van der Waals surface area contributed by atoms with E-state index < -0.39 is 29.4 Å². The highest BCUT2D eigenvalue weighted by Gasteiger charge is 2.51. The summed E-state index contributed by atoms with van der Waals surface area (Å²) in [6.45, 7) is 3.28. The summed E-state index contributed by atoms with van der Waals surface area (Å²) in [4.78, 5) is 24.6. The quantitative estimate of drug-likeness (QED) is 0.564. The second-order valence-electron chi connectivity index (χ2n) is 8.55. The first-order chi connectivity index (χ1) is 14.7. The largest absolute Gasteiger partial charge is 0.457 e. The van der Waals surface area contributed by atoms with E-state index in [2.05, 4.69) is 0 Å². The van der Waals surface area contributed by atoms with Crippen molar-refractivity contribution in [3.05, 3.63) is 65.0 Å². The summed E-state index contributed by atoms with van der Waals surface area (Å²) in [6.07, 6.45) is 4.59. The highest BCUT2D eigenvalue weighted by atomic mass is 16.6. The second kappa shape index (κ2) is 8.07. The fourth-order valence-corrected chi connectivity index (χ4v) is 4.30. The van der Waals surface area contributed by atoms with E-state index in [1.54, 1.807) is 26.0 Å². The summed E-state index contributed by atoms with van der Waals surface area (Å²) in [5, 5.41) is 21.7. The first-order valence-corrected chi connectivity index (χ1v) is 10.4. The van der Waals surface area contributed by atoms with E-state index in [-0.39, 0.29) is 35.9 Å². The number of aliphatic hydroxyl groups is 2. The predicted octanol–water partition coefficient (Wildman–Crippen LogP) is 2.64. The van der Waals surface area contributed by atoms with E-state index in [0.717, 1.165) is 5.56 Å². The number of ether oxygens (including phenoxy) is 3. The second-order valence-corrected chi connectivity index (χ2v) is 8.55. The summed E-state index contributed by atoms with van der Waals surface area (Å²) >= 11 is 0. The Kier molecular flexibility index (Phi) is 5.60. The maximum absolute atomic E-state index is 12.5. The third kappa shape index (κ3) is 4.35. The molecule has 2 unspecified atom stereocenters. The number of hydrogen-bond acceptors (Lipinski definition) is 7. The molecule has 31 heavy (non-hydrogen) atoms. The molecule has 0 radical (unpaired) electrons. The van der Waals surface area contributed by atoms with Crippen LogP contribution in [0.3, 0.4) is 0 Å². The molecular formula is C24H26O7. The van der Waals surface area contributed by atoms with Crippen LogP contribution in [0.5, 0.6) is 0 Å². The number of esters is 2. The van der Waals surface area contributed by atoms with Crippen molar-refractivity contribution in [3.8, 4) is 0 Å². The van der Waals surface area contributed by atoms with E-state index in [0.29, 0.717) is 12.8 Å². The van der Waals surface area contributed by atoms with Gasteiger partial charge in [0.2, 0.25) is 0 Å². The van der Waals surface area contributed by atoms with E-state index in [1.165, 1.54) is 6.08 Å². The van der Waals surface area contributed by atoms with Crippen LogP contribution < -0.4 is 0 Å². The molecule has 4 rings (SSSR count). The van der Waals surface area contributed by atoms with Crippen LogP contribution in [0.15, 0.2) is 59.4 Å². The lowest BCUT2D eigenvalue weighted by Crippen LogP contribution is -2.39. The van der Waals surface area contributed by atoms with E-state index >= 15 is 0 Å². The Hall–Kier alpha value is -2.74. The summed E-state index contributed by atoms with van der Waals surface area (Å²) in [6, 6.07) is 9.28. The zero-order valence-corrected chi connectivity index (χ0v) is 17.5. The molecule has 0 saturated carbocycles. The van der Waals surface area contributed by atoms with E-state index in [4.69, 9.17) is 14.2 Å². The summed E-state index contributed by atoms with van der Waals surface area (Å²) in [5.74, 6) is -2.81. The molecule has 2 N–H and O–H groups in total. The van der Waals surface area contributed by atoms with Crippen molar-refractivity contribution >= 4 is 18.0 Å². The molecule has 164 valence electrons. The topological polar surface area (TPSA) is 102 Å². The van der Waals surface area contributed by atoms with Crippen LogP contribution in [0.1, 0.15) is 38.7 Å². The van der Waals surface area contributed by atoms with Gasteiger partial charge in [-0.1, -0.05) is 37.3 Å². The van der Waals surface area contributed by atoms with Crippen LogP contribution in [0.2, 0.25) is 0 Å². The Balaban J connectivity index is 1.57. The zero-order chi connectivity index (χ0) is 22.2. The Morgan fingerprint density at radius 3 is 2.77 bits per heavy atom. The van der Waals surface area contributed by atoms with Gasteiger partial charge < -0.3 is 24.4 Å². The van der Waals surface area contributed by atoms with Crippen molar-refractivity contribution in [1.29, 1.82) is 0 Å². The third-order valence-corrected chi connectivity index (χ3v) is 6.12. The fourth-order valence-electron chi connectivity index (χ4n) is 4.30. The number of carbonyl (C=O) groups is 2. The predicted molar refractivity (Wildman–Crippen MR) is 111 cm³/mol. The minimum absolute atomic E-state index is 0.0979. The maximum Gasteiger partial charge on any atom is 0.343 e. The lowest BCUT2D eigenvalue weighted by atomic mass is 9.86. The van der Waals surface area contributed by atoms with Crippen molar-refractivity contribution < 1.29 is 34.0 Å². The van der Waals surface area contributed by atoms with Crippen molar-refractivity contribution in [2.75, 3.05) is 6.61 Å². The van der Waals surface area contributed by atoms with Crippen molar-refractivity contribution in [3.63, 3.8) is 0 Å². The van der Waals surface area contributed by atoms with Crippen LogP contribution in [0.25, 0.3) is 6.08 Å². The van der Waals surface area contributed by atoms with Crippen LogP contribution in [0.4, 0.5) is 0 Å². The smallest absolute Gasteiger partial charge is 0.343 e. The van der Waals surface area contributed by atoms with E-state index in [9.17, 15) is 19.8 Å². The van der Waals surface area contributed by atoms with Crippen molar-refractivity contribution in [1.82, 2.24) is 0 Å². The van der Waals surface area contributed by atoms with Crippen LogP contribution in [-0.4, -0.2) is 46.3 Å². The molecule has 0 aromatic heterocycles. The van der Waals surface area contributed by atoms with Gasteiger partial charge in [-0.15, -0.1) is 0 Å². The zero-order valence-electron chi connectivity index (χ0n) is 17.5. The molecule has 2 bridgehead atoms. The van der Waals surface area contributed by atoms with Gasteiger partial charge in [0.05, 0.1) is 17.3 Å². The molecule has 1 saturated heterocycles. The lowest BCUT2D eigenvalue weighted by Gasteiger charge is -2.32. The number of rotatable bonds is 4. The van der Waals surface area contributed by atoms with Gasteiger partial charge in [0.1, 0.15) is 12.4 Å². The highest BCUT2D eigenvalue weighted by Crippen LogP contribution is 2.47. The number of fused-ring (bicyclic) bond motifs is 3. The average molecular weight is 426 g/mol. The standard InChI is InChI=1S/C24H26O7/c1-15-12-18(25)21-17(14-29-20(26)9-8-16-6-4-3-5-7-16)22(27)30-19(21)13-23(2)10-11-24(15,28)31-23/h3-9,13,15,18,25,28H,10-12,14H2,1-2H3/t15-,18+,23?,24?/m1/s1. The molecule has 1 aromatic carbocycles. The van der Waals surface area contributed by atoms with Crippen molar-refractivity contribution in [2.24, 2.45) is 5.92 Å². The minimum Gasteiger partial charge on any atom is -0.457 e. The fraction of sp³-hybridized carbons (Fsp3) is 0.417. The normalized spacial score (nSPS) is 32.8. The van der Waals surface area contributed by atoms with Crippen LogP contribution >= 0.6 is 0 Å². The van der Waals surface area contributed by atoms with Gasteiger partial charge in [-0.25, -0.2) is 9.59 Å². The molecule has 1 aromatic rings. The van der Waals surface area contributed by atoms with Crippen LogP contribution in [-0.2, 0) is 23.8 Å². The van der Waals surface area contributed by atoms with Gasteiger partial charge in [-0.3, -0.25) is 0 Å². The first kappa shape index (κ1) is 21.5. The molecule has 0 amide bonds. The molecule has 0 aliphatic carbocycles. The van der Waals surface area contributed by atoms with Gasteiger partial charge in [0.25, 0.3) is 0 Å². The SMILES string of the molecule is C[C@@H]1C[C@H](O)C2=C(COC(=O)C=Cc3ccccc3)C(=O)OC2=CC2(C)CCC1(O)O2. The van der Waals surface area contributed by atoms with Crippen LogP contribution in [0, 0.1) is 5.92 Å². The van der Waals surface area contributed by atoms with Gasteiger partial charge >= 0.3 is 11.9 Å². The van der Waals surface area contributed by atoms with Gasteiger partial charge in [0, 0.05) is 24.0 Å². The van der Waals surface area contributed by atoms with Gasteiger partial charge in [0.15, 0.2) is 5.79 Å². The Bertz CT molecular complexity index is 977. The molecular weight excluding hydrogens is 400 g/mol. The first-order valence-electron chi connectivity index (χ1n) is 10.4. The molecule has 4 atom stereocenters. The summed E-state index contributed by atoms with van der Waals surface area (Å²) in [7, 11) is 0. The van der Waals surface area contributed by atoms with E-state index in [1.807, 2.05) is 30.3 Å². The molecule has 7 heteroatoms. The Morgan fingerprint density at radius 1 is 1.29 bits per heavy atom. The van der Waals surface area contributed by atoms with Gasteiger partial charge in [-0.05, 0) is 37.5 Å². The summed E-state index contributed by atoms with van der Waals surface area (Å²) < 4.78 is 16.6. The molecule has 0 spiro atoms. The molecule has 3 aliphatic rings. The number of carbonyl (C=O) groups excluding carboxylic acids is 2. The maximum atomic E-state index is 12.5. The van der Waals surface area contributed by atoms with Crippen molar-refractivity contribution in [2.45, 2.75) is 50.6 Å².